The van der Waals surface area contributed by atoms with Crippen molar-refractivity contribution in [1.82, 2.24) is 5.32 Å². The number of rotatable bonds is 1. The van der Waals surface area contributed by atoms with Crippen LogP contribution in [0.25, 0.3) is 0 Å². The highest BCUT2D eigenvalue weighted by atomic mass is 35.5. The lowest BCUT2D eigenvalue weighted by atomic mass is 9.55. The standard InChI is InChI=1S/C18H26ClN/c1-17(2)7-4-8-18(13-17)9-10-20-12-16(18)14-5-3-6-15(19)11-14/h3,5-6,11,16,20H,4,7-10,12-13H2,1-2H3. The first-order valence-corrected chi connectivity index (χ1v) is 8.35. The first-order valence-electron chi connectivity index (χ1n) is 7.97. The van der Waals surface area contributed by atoms with Crippen molar-refractivity contribution in [2.75, 3.05) is 13.1 Å². The largest absolute Gasteiger partial charge is 0.316 e. The third-order valence-electron chi connectivity index (χ3n) is 5.50. The molecule has 2 heteroatoms. The highest BCUT2D eigenvalue weighted by Crippen LogP contribution is 2.56. The van der Waals surface area contributed by atoms with Crippen LogP contribution in [0.15, 0.2) is 24.3 Å². The fraction of sp³-hybridized carbons (Fsp3) is 0.667. The van der Waals surface area contributed by atoms with Gasteiger partial charge in [-0.25, -0.2) is 0 Å². The van der Waals surface area contributed by atoms with Gasteiger partial charge in [0.05, 0.1) is 0 Å². The third-order valence-corrected chi connectivity index (χ3v) is 5.73. The van der Waals surface area contributed by atoms with E-state index in [9.17, 15) is 0 Å². The Balaban J connectivity index is 1.94. The van der Waals surface area contributed by atoms with Gasteiger partial charge in [0.25, 0.3) is 0 Å². The van der Waals surface area contributed by atoms with Gasteiger partial charge in [-0.1, -0.05) is 44.0 Å². The summed E-state index contributed by atoms with van der Waals surface area (Å²) in [6, 6.07) is 8.54. The Morgan fingerprint density at radius 2 is 2.05 bits per heavy atom. The Morgan fingerprint density at radius 1 is 1.20 bits per heavy atom. The van der Waals surface area contributed by atoms with Crippen LogP contribution in [0.2, 0.25) is 5.02 Å². The van der Waals surface area contributed by atoms with Crippen LogP contribution in [-0.4, -0.2) is 13.1 Å². The Kier molecular flexibility index (Phi) is 3.85. The van der Waals surface area contributed by atoms with E-state index < -0.39 is 0 Å². The summed E-state index contributed by atoms with van der Waals surface area (Å²) in [4.78, 5) is 0. The molecule has 2 aliphatic rings. The van der Waals surface area contributed by atoms with Gasteiger partial charge in [0.2, 0.25) is 0 Å². The van der Waals surface area contributed by atoms with Crippen molar-refractivity contribution >= 4 is 11.6 Å². The molecule has 1 aromatic rings. The topological polar surface area (TPSA) is 12.0 Å². The molecule has 1 aliphatic heterocycles. The lowest BCUT2D eigenvalue weighted by Crippen LogP contribution is -2.47. The lowest BCUT2D eigenvalue weighted by Gasteiger charge is -2.52. The minimum Gasteiger partial charge on any atom is -0.316 e. The molecule has 1 nitrogen and oxygen atoms in total. The summed E-state index contributed by atoms with van der Waals surface area (Å²) in [5.41, 5.74) is 2.41. The Bertz CT molecular complexity index is 478. The van der Waals surface area contributed by atoms with Gasteiger partial charge in [0, 0.05) is 17.5 Å². The van der Waals surface area contributed by atoms with Gasteiger partial charge in [-0.2, -0.15) is 0 Å². The summed E-state index contributed by atoms with van der Waals surface area (Å²) in [5.74, 6) is 0.620. The van der Waals surface area contributed by atoms with Crippen molar-refractivity contribution in [2.45, 2.75) is 51.9 Å². The maximum absolute atomic E-state index is 6.23. The minimum absolute atomic E-state index is 0.484. The quantitative estimate of drug-likeness (QED) is 0.767. The van der Waals surface area contributed by atoms with Gasteiger partial charge in [-0.05, 0) is 60.8 Å². The number of hydrogen-bond donors (Lipinski definition) is 1. The van der Waals surface area contributed by atoms with Crippen LogP contribution >= 0.6 is 11.6 Å². The van der Waals surface area contributed by atoms with Crippen molar-refractivity contribution < 1.29 is 0 Å². The summed E-state index contributed by atoms with van der Waals surface area (Å²) < 4.78 is 0. The van der Waals surface area contributed by atoms with Crippen LogP contribution in [-0.2, 0) is 0 Å². The van der Waals surface area contributed by atoms with Crippen molar-refractivity contribution in [3.05, 3.63) is 34.9 Å². The van der Waals surface area contributed by atoms with Crippen molar-refractivity contribution in [3.8, 4) is 0 Å². The second-order valence-electron chi connectivity index (χ2n) is 7.62. The molecule has 2 fully saturated rings. The average Bonchev–Trinajstić information content (AvgIpc) is 2.37. The molecule has 1 saturated carbocycles. The second kappa shape index (κ2) is 5.35. The van der Waals surface area contributed by atoms with Gasteiger partial charge in [-0.3, -0.25) is 0 Å². The fourth-order valence-electron chi connectivity index (χ4n) is 4.73. The zero-order chi connectivity index (χ0) is 14.2. The van der Waals surface area contributed by atoms with Crippen molar-refractivity contribution in [1.29, 1.82) is 0 Å². The summed E-state index contributed by atoms with van der Waals surface area (Å²) in [6.45, 7) is 7.18. The van der Waals surface area contributed by atoms with E-state index in [0.717, 1.165) is 11.6 Å². The van der Waals surface area contributed by atoms with Crippen molar-refractivity contribution in [3.63, 3.8) is 0 Å². The number of benzene rings is 1. The van der Waals surface area contributed by atoms with Gasteiger partial charge in [-0.15, -0.1) is 0 Å². The molecule has 2 unspecified atom stereocenters. The summed E-state index contributed by atoms with van der Waals surface area (Å²) in [7, 11) is 0. The minimum atomic E-state index is 0.484. The third kappa shape index (κ3) is 2.76. The number of hydrogen-bond acceptors (Lipinski definition) is 1. The molecule has 1 N–H and O–H groups in total. The van der Waals surface area contributed by atoms with E-state index in [1.807, 2.05) is 6.07 Å². The maximum Gasteiger partial charge on any atom is 0.0408 e. The van der Waals surface area contributed by atoms with E-state index in [0.29, 0.717) is 16.7 Å². The summed E-state index contributed by atoms with van der Waals surface area (Å²) in [6.07, 6.45) is 6.82. The summed E-state index contributed by atoms with van der Waals surface area (Å²) in [5, 5.41) is 4.48. The van der Waals surface area contributed by atoms with E-state index in [1.165, 1.54) is 44.2 Å². The predicted molar refractivity (Wildman–Crippen MR) is 86.4 cm³/mol. The molecule has 3 rings (SSSR count). The molecule has 1 spiro atoms. The zero-order valence-corrected chi connectivity index (χ0v) is 13.5. The molecule has 20 heavy (non-hydrogen) atoms. The number of nitrogens with one attached hydrogen (secondary N) is 1. The molecule has 1 aliphatic carbocycles. The van der Waals surface area contributed by atoms with Crippen LogP contribution in [0.4, 0.5) is 0 Å². The number of halogens is 1. The van der Waals surface area contributed by atoms with E-state index in [4.69, 9.17) is 11.6 Å². The molecule has 2 atom stereocenters. The Morgan fingerprint density at radius 3 is 2.80 bits per heavy atom. The van der Waals surface area contributed by atoms with Crippen molar-refractivity contribution in [2.24, 2.45) is 10.8 Å². The predicted octanol–water partition coefficient (Wildman–Crippen LogP) is 5.00. The molecule has 0 radical (unpaired) electrons. The molecule has 110 valence electrons. The zero-order valence-electron chi connectivity index (χ0n) is 12.7. The van der Waals surface area contributed by atoms with E-state index in [-0.39, 0.29) is 0 Å². The monoisotopic (exact) mass is 291 g/mol. The highest BCUT2D eigenvalue weighted by Gasteiger charge is 2.46. The van der Waals surface area contributed by atoms with E-state index >= 15 is 0 Å². The molecule has 0 aromatic heterocycles. The molecular formula is C18H26ClN. The maximum atomic E-state index is 6.23. The highest BCUT2D eigenvalue weighted by molar-refractivity contribution is 6.30. The smallest absolute Gasteiger partial charge is 0.0408 e. The van der Waals surface area contributed by atoms with Gasteiger partial charge >= 0.3 is 0 Å². The summed E-state index contributed by atoms with van der Waals surface area (Å²) >= 11 is 6.23. The average molecular weight is 292 g/mol. The fourth-order valence-corrected chi connectivity index (χ4v) is 4.93. The van der Waals surface area contributed by atoms with Gasteiger partial charge in [0.15, 0.2) is 0 Å². The first-order chi connectivity index (χ1) is 9.51. The van der Waals surface area contributed by atoms with Gasteiger partial charge < -0.3 is 5.32 Å². The van der Waals surface area contributed by atoms with E-state index in [2.05, 4.69) is 37.4 Å². The number of piperidine rings is 1. The van der Waals surface area contributed by atoms with Gasteiger partial charge in [0.1, 0.15) is 0 Å². The van der Waals surface area contributed by atoms with Crippen LogP contribution in [0.1, 0.15) is 57.4 Å². The van der Waals surface area contributed by atoms with Crippen LogP contribution in [0, 0.1) is 10.8 Å². The first kappa shape index (κ1) is 14.4. The molecule has 0 amide bonds. The van der Waals surface area contributed by atoms with Crippen LogP contribution < -0.4 is 5.32 Å². The lowest BCUT2D eigenvalue weighted by molar-refractivity contribution is 0.0332. The van der Waals surface area contributed by atoms with Crippen LogP contribution in [0.5, 0.6) is 0 Å². The molecular weight excluding hydrogens is 266 g/mol. The van der Waals surface area contributed by atoms with Crippen LogP contribution in [0.3, 0.4) is 0 Å². The van der Waals surface area contributed by atoms with E-state index in [1.54, 1.807) is 0 Å². The Labute approximate surface area is 128 Å². The molecule has 1 aromatic carbocycles. The normalized spacial score (nSPS) is 33.2. The molecule has 1 saturated heterocycles. The molecule has 0 bridgehead atoms. The SMILES string of the molecule is CC1(C)CCCC2(CCNCC2c2cccc(Cl)c2)C1. The Hall–Kier alpha value is -0.530. The second-order valence-corrected chi connectivity index (χ2v) is 8.06. The molecule has 1 heterocycles.